The molecule has 0 aliphatic rings. The molecule has 0 saturated heterocycles. The summed E-state index contributed by atoms with van der Waals surface area (Å²) in [5, 5.41) is 11.8. The summed E-state index contributed by atoms with van der Waals surface area (Å²) in [6.45, 7) is 8.26. The molecule has 0 aromatic carbocycles. The van der Waals surface area contributed by atoms with Crippen LogP contribution in [0.3, 0.4) is 0 Å². The number of hydrogen-bond acceptors (Lipinski definition) is 5. The van der Waals surface area contributed by atoms with Gasteiger partial charge in [-0.15, -0.1) is 0 Å². The van der Waals surface area contributed by atoms with Gasteiger partial charge in [-0.2, -0.15) is 0 Å². The van der Waals surface area contributed by atoms with Crippen LogP contribution in [0.4, 0.5) is 5.82 Å². The molecule has 0 saturated carbocycles. The summed E-state index contributed by atoms with van der Waals surface area (Å²) in [5.74, 6) is -0.449. The number of rotatable bonds is 8. The van der Waals surface area contributed by atoms with Gasteiger partial charge >= 0.3 is 5.97 Å². The van der Waals surface area contributed by atoms with Crippen LogP contribution in [0.25, 0.3) is 0 Å². The highest BCUT2D eigenvalue weighted by atomic mass is 16.4. The number of hydrogen-bond donors (Lipinski definition) is 2. The van der Waals surface area contributed by atoms with Crippen molar-refractivity contribution < 1.29 is 9.90 Å². The molecule has 0 bridgehead atoms. The molecule has 2 N–H and O–H groups in total. The molecule has 0 fully saturated rings. The number of carboxylic acids is 1. The lowest BCUT2D eigenvalue weighted by molar-refractivity contribution is 0.0690. The Morgan fingerprint density at radius 1 is 1.33 bits per heavy atom. The van der Waals surface area contributed by atoms with Gasteiger partial charge < -0.3 is 15.3 Å². The fourth-order valence-electron chi connectivity index (χ4n) is 1.59. The third kappa shape index (κ3) is 4.67. The average molecular weight is 252 g/mol. The van der Waals surface area contributed by atoms with Crippen molar-refractivity contribution in [1.82, 2.24) is 14.9 Å². The molecule has 6 heteroatoms. The number of nitrogens with zero attached hydrogens (tertiary/aromatic N) is 3. The van der Waals surface area contributed by atoms with E-state index in [4.69, 9.17) is 5.11 Å². The molecule has 100 valence electrons. The zero-order valence-corrected chi connectivity index (χ0v) is 10.9. The Labute approximate surface area is 107 Å². The van der Waals surface area contributed by atoms with Crippen molar-refractivity contribution in [3.63, 3.8) is 0 Å². The third-order valence-corrected chi connectivity index (χ3v) is 2.72. The Hall–Kier alpha value is -1.69. The van der Waals surface area contributed by atoms with Crippen LogP contribution in [0.2, 0.25) is 0 Å². The van der Waals surface area contributed by atoms with E-state index in [1.165, 1.54) is 12.4 Å². The van der Waals surface area contributed by atoms with E-state index in [9.17, 15) is 4.79 Å². The van der Waals surface area contributed by atoms with Gasteiger partial charge in [0.2, 0.25) is 0 Å². The predicted octanol–water partition coefficient (Wildman–Crippen LogP) is 1.32. The van der Waals surface area contributed by atoms with E-state index in [1.807, 2.05) is 0 Å². The largest absolute Gasteiger partial charge is 0.476 e. The fraction of sp³-hybridized carbons (Fsp3) is 0.583. The molecule has 0 radical (unpaired) electrons. The number of nitrogens with one attached hydrogen (secondary N) is 1. The lowest BCUT2D eigenvalue weighted by Gasteiger charge is -2.17. The van der Waals surface area contributed by atoms with Gasteiger partial charge in [0.05, 0.1) is 12.4 Å². The van der Waals surface area contributed by atoms with Crippen molar-refractivity contribution in [2.45, 2.75) is 20.3 Å². The van der Waals surface area contributed by atoms with Crippen molar-refractivity contribution in [3.05, 3.63) is 18.1 Å². The van der Waals surface area contributed by atoms with Crippen LogP contribution in [0.5, 0.6) is 0 Å². The van der Waals surface area contributed by atoms with Crippen LogP contribution in [0.1, 0.15) is 30.8 Å². The van der Waals surface area contributed by atoms with E-state index in [-0.39, 0.29) is 5.69 Å². The van der Waals surface area contributed by atoms with Crippen LogP contribution in [0, 0.1) is 0 Å². The van der Waals surface area contributed by atoms with Gasteiger partial charge in [-0.1, -0.05) is 13.8 Å². The first kappa shape index (κ1) is 14.4. The van der Waals surface area contributed by atoms with Gasteiger partial charge in [0.25, 0.3) is 0 Å². The van der Waals surface area contributed by atoms with Crippen LogP contribution in [0.15, 0.2) is 12.4 Å². The monoisotopic (exact) mass is 252 g/mol. The molecule has 0 atom stereocenters. The highest BCUT2D eigenvalue weighted by Gasteiger charge is 2.04. The Morgan fingerprint density at radius 2 is 2.06 bits per heavy atom. The van der Waals surface area contributed by atoms with Gasteiger partial charge in [0.15, 0.2) is 5.69 Å². The minimum Gasteiger partial charge on any atom is -0.476 e. The third-order valence-electron chi connectivity index (χ3n) is 2.72. The molecule has 0 unspecified atom stereocenters. The molecule has 0 aliphatic carbocycles. The number of aromatic carboxylic acids is 1. The van der Waals surface area contributed by atoms with Gasteiger partial charge in [-0.05, 0) is 26.1 Å². The van der Waals surface area contributed by atoms with Gasteiger partial charge in [-0.3, -0.25) is 0 Å². The smallest absolute Gasteiger partial charge is 0.356 e. The molecule has 18 heavy (non-hydrogen) atoms. The van der Waals surface area contributed by atoms with Crippen LogP contribution in [-0.4, -0.2) is 52.1 Å². The Balaban J connectivity index is 2.29. The Morgan fingerprint density at radius 3 is 2.56 bits per heavy atom. The second-order valence-electron chi connectivity index (χ2n) is 3.90. The summed E-state index contributed by atoms with van der Waals surface area (Å²) < 4.78 is 0. The maximum atomic E-state index is 10.6. The van der Waals surface area contributed by atoms with E-state index in [0.29, 0.717) is 5.82 Å². The molecule has 0 spiro atoms. The highest BCUT2D eigenvalue weighted by molar-refractivity contribution is 5.84. The maximum Gasteiger partial charge on any atom is 0.356 e. The van der Waals surface area contributed by atoms with Crippen molar-refractivity contribution in [2.75, 3.05) is 31.5 Å². The molecule has 1 rings (SSSR count). The number of aromatic nitrogens is 2. The van der Waals surface area contributed by atoms with Gasteiger partial charge in [0, 0.05) is 6.54 Å². The summed E-state index contributed by atoms with van der Waals surface area (Å²) in [6.07, 6.45) is 3.72. The van der Waals surface area contributed by atoms with E-state index in [1.54, 1.807) is 0 Å². The summed E-state index contributed by atoms with van der Waals surface area (Å²) >= 11 is 0. The van der Waals surface area contributed by atoms with E-state index < -0.39 is 5.97 Å². The lowest BCUT2D eigenvalue weighted by atomic mass is 10.3. The van der Waals surface area contributed by atoms with Crippen molar-refractivity contribution in [1.29, 1.82) is 0 Å². The molecule has 0 aliphatic heterocycles. The van der Waals surface area contributed by atoms with Crippen molar-refractivity contribution >= 4 is 11.8 Å². The van der Waals surface area contributed by atoms with E-state index >= 15 is 0 Å². The number of carbonyl (C=O) groups is 1. The average Bonchev–Trinajstić information content (AvgIpc) is 2.39. The quantitative estimate of drug-likeness (QED) is 0.679. The normalized spacial score (nSPS) is 10.6. The topological polar surface area (TPSA) is 78.4 Å². The first-order chi connectivity index (χ1) is 8.67. The first-order valence-electron chi connectivity index (χ1n) is 6.19. The molecule has 1 aromatic rings. The van der Waals surface area contributed by atoms with Crippen LogP contribution in [-0.2, 0) is 0 Å². The molecule has 1 heterocycles. The molecular weight excluding hydrogens is 232 g/mol. The van der Waals surface area contributed by atoms with Crippen molar-refractivity contribution in [3.8, 4) is 0 Å². The fourth-order valence-corrected chi connectivity index (χ4v) is 1.59. The SMILES string of the molecule is CCN(CC)CCCNc1cnc(C(=O)O)cn1. The van der Waals surface area contributed by atoms with Gasteiger partial charge in [-0.25, -0.2) is 14.8 Å². The number of anilines is 1. The summed E-state index contributed by atoms with van der Waals surface area (Å²) in [7, 11) is 0. The molecule has 1 aromatic heterocycles. The minimum atomic E-state index is -1.06. The standard InChI is InChI=1S/C12H20N4O2/c1-3-16(4-2)7-5-6-13-11-9-14-10(8-15-11)12(17)18/h8-9H,3-7H2,1-2H3,(H,13,15)(H,17,18). The summed E-state index contributed by atoms with van der Waals surface area (Å²) in [4.78, 5) is 20.7. The second-order valence-corrected chi connectivity index (χ2v) is 3.90. The molecule has 0 amide bonds. The minimum absolute atomic E-state index is 0.0382. The van der Waals surface area contributed by atoms with E-state index in [2.05, 4.69) is 34.0 Å². The van der Waals surface area contributed by atoms with E-state index in [0.717, 1.165) is 32.6 Å². The predicted molar refractivity (Wildman–Crippen MR) is 69.9 cm³/mol. The molecular formula is C12H20N4O2. The lowest BCUT2D eigenvalue weighted by Crippen LogP contribution is -2.25. The zero-order valence-electron chi connectivity index (χ0n) is 10.9. The zero-order chi connectivity index (χ0) is 13.4. The van der Waals surface area contributed by atoms with Crippen LogP contribution >= 0.6 is 0 Å². The first-order valence-corrected chi connectivity index (χ1v) is 6.19. The summed E-state index contributed by atoms with van der Waals surface area (Å²) in [6, 6.07) is 0. The van der Waals surface area contributed by atoms with Crippen LogP contribution < -0.4 is 5.32 Å². The second kappa shape index (κ2) is 7.60. The van der Waals surface area contributed by atoms with Crippen molar-refractivity contribution in [2.24, 2.45) is 0 Å². The molecule has 6 nitrogen and oxygen atoms in total. The Kier molecular flexibility index (Phi) is 6.07. The maximum absolute atomic E-state index is 10.6. The van der Waals surface area contributed by atoms with Gasteiger partial charge in [0.1, 0.15) is 5.82 Å². The highest BCUT2D eigenvalue weighted by Crippen LogP contribution is 2.01. The number of carboxylic acid groups (broad SMARTS) is 1. The Bertz CT molecular complexity index is 363. The summed E-state index contributed by atoms with van der Waals surface area (Å²) in [5.41, 5.74) is -0.0382.